The van der Waals surface area contributed by atoms with Gasteiger partial charge in [-0.05, 0) is 37.8 Å². The normalized spacial score (nSPS) is 15.0. The van der Waals surface area contributed by atoms with Crippen LogP contribution in [0.5, 0.6) is 5.75 Å². The Labute approximate surface area is 169 Å². The van der Waals surface area contributed by atoms with E-state index in [1.165, 1.54) is 11.8 Å². The largest absolute Gasteiger partial charge is 0.484 e. The van der Waals surface area contributed by atoms with Crippen LogP contribution in [0.25, 0.3) is 0 Å². The van der Waals surface area contributed by atoms with Crippen LogP contribution in [-0.4, -0.2) is 32.5 Å². The van der Waals surface area contributed by atoms with Crippen LogP contribution in [0.15, 0.2) is 29.4 Å². The lowest BCUT2D eigenvalue weighted by Crippen LogP contribution is -2.37. The first-order chi connectivity index (χ1) is 13.0. The van der Waals surface area contributed by atoms with Crippen molar-refractivity contribution in [1.29, 1.82) is 0 Å². The van der Waals surface area contributed by atoms with Crippen LogP contribution in [0, 0.1) is 5.92 Å². The van der Waals surface area contributed by atoms with Gasteiger partial charge in [0.25, 0.3) is 0 Å². The summed E-state index contributed by atoms with van der Waals surface area (Å²) < 4.78 is 7.91. The number of benzene rings is 1. The molecule has 1 atom stereocenters. The number of ether oxygens (including phenoxy) is 1. The van der Waals surface area contributed by atoms with E-state index < -0.39 is 0 Å². The molecule has 146 valence electrons. The highest BCUT2D eigenvalue weighted by atomic mass is 35.5. The van der Waals surface area contributed by atoms with Crippen LogP contribution in [-0.2, 0) is 11.4 Å². The highest BCUT2D eigenvalue weighted by Gasteiger charge is 2.30. The third-order valence-electron chi connectivity index (χ3n) is 4.56. The quantitative estimate of drug-likeness (QED) is 0.632. The van der Waals surface area contributed by atoms with E-state index in [0.29, 0.717) is 35.1 Å². The minimum Gasteiger partial charge on any atom is -0.484 e. The van der Waals surface area contributed by atoms with Gasteiger partial charge in [-0.15, -0.1) is 10.2 Å². The Hall–Kier alpha value is -1.73. The van der Waals surface area contributed by atoms with Crippen LogP contribution < -0.4 is 10.1 Å². The van der Waals surface area contributed by atoms with E-state index in [1.807, 2.05) is 25.1 Å². The molecule has 27 heavy (non-hydrogen) atoms. The molecule has 1 saturated carbocycles. The van der Waals surface area contributed by atoms with E-state index in [4.69, 9.17) is 16.3 Å². The summed E-state index contributed by atoms with van der Waals surface area (Å²) in [6.45, 7) is 6.49. The molecule has 1 fully saturated rings. The Morgan fingerprint density at radius 2 is 2.07 bits per heavy atom. The van der Waals surface area contributed by atoms with Gasteiger partial charge in [0.15, 0.2) is 11.0 Å². The van der Waals surface area contributed by atoms with E-state index >= 15 is 0 Å². The molecule has 1 aromatic heterocycles. The Morgan fingerprint density at radius 3 is 2.74 bits per heavy atom. The summed E-state index contributed by atoms with van der Waals surface area (Å²) in [5.41, 5.74) is 0. The van der Waals surface area contributed by atoms with Crippen molar-refractivity contribution < 1.29 is 9.53 Å². The Kier molecular flexibility index (Phi) is 6.65. The molecule has 8 heteroatoms. The molecule has 0 unspecified atom stereocenters. The second-order valence-electron chi connectivity index (χ2n) is 7.11. The number of nitrogens with one attached hydrogen (secondary N) is 1. The SMILES string of the molecule is CC(C)[C@H](C)NC(=O)CSc1nnc(COc2ccccc2Cl)n1C1CC1. The van der Waals surface area contributed by atoms with E-state index in [1.54, 1.807) is 6.07 Å². The van der Waals surface area contributed by atoms with Crippen LogP contribution in [0.2, 0.25) is 5.02 Å². The fourth-order valence-corrected chi connectivity index (χ4v) is 3.53. The molecule has 1 aromatic carbocycles. The van der Waals surface area contributed by atoms with Crippen molar-refractivity contribution in [2.45, 2.75) is 57.5 Å². The number of aromatic nitrogens is 3. The predicted octanol–water partition coefficient (Wildman–Crippen LogP) is 4.10. The van der Waals surface area contributed by atoms with Crippen LogP contribution in [0.1, 0.15) is 45.5 Å². The summed E-state index contributed by atoms with van der Waals surface area (Å²) in [7, 11) is 0. The zero-order valence-corrected chi connectivity index (χ0v) is 17.4. The molecule has 0 spiro atoms. The molecule has 0 saturated heterocycles. The van der Waals surface area contributed by atoms with Gasteiger partial charge < -0.3 is 10.1 Å². The first-order valence-corrected chi connectivity index (χ1v) is 10.5. The number of rotatable bonds is 9. The van der Waals surface area contributed by atoms with Crippen molar-refractivity contribution in [3.63, 3.8) is 0 Å². The second kappa shape index (κ2) is 8.97. The van der Waals surface area contributed by atoms with Crippen LogP contribution >= 0.6 is 23.4 Å². The van der Waals surface area contributed by atoms with E-state index in [0.717, 1.165) is 23.8 Å². The summed E-state index contributed by atoms with van der Waals surface area (Å²) >= 11 is 7.56. The molecule has 1 aliphatic carbocycles. The smallest absolute Gasteiger partial charge is 0.230 e. The van der Waals surface area contributed by atoms with Gasteiger partial charge in [-0.1, -0.05) is 49.3 Å². The summed E-state index contributed by atoms with van der Waals surface area (Å²) in [5.74, 6) is 2.13. The van der Waals surface area contributed by atoms with Crippen LogP contribution in [0.3, 0.4) is 0 Å². The third kappa shape index (κ3) is 5.39. The predicted molar refractivity (Wildman–Crippen MR) is 107 cm³/mol. The molecule has 6 nitrogen and oxygen atoms in total. The standard InChI is InChI=1S/C19H25ClN4O2S/c1-12(2)13(3)21-18(25)11-27-19-23-22-17(24(19)14-8-9-14)10-26-16-7-5-4-6-15(16)20/h4-7,12-14H,8-11H2,1-3H3,(H,21,25)/t13-/m0/s1. The molecule has 0 bridgehead atoms. The molecule has 2 aromatic rings. The lowest BCUT2D eigenvalue weighted by Gasteiger charge is -2.17. The van der Waals surface area contributed by atoms with Gasteiger partial charge in [0, 0.05) is 12.1 Å². The monoisotopic (exact) mass is 408 g/mol. The van der Waals surface area contributed by atoms with E-state index in [-0.39, 0.29) is 11.9 Å². The average molecular weight is 409 g/mol. The molecular weight excluding hydrogens is 384 g/mol. The number of para-hydroxylation sites is 1. The molecular formula is C19H25ClN4O2S. The molecule has 0 aliphatic heterocycles. The van der Waals surface area contributed by atoms with Gasteiger partial charge >= 0.3 is 0 Å². The van der Waals surface area contributed by atoms with Gasteiger partial charge in [-0.25, -0.2) is 0 Å². The lowest BCUT2D eigenvalue weighted by atomic mass is 10.1. The topological polar surface area (TPSA) is 69.0 Å². The number of hydrogen-bond acceptors (Lipinski definition) is 5. The third-order valence-corrected chi connectivity index (χ3v) is 5.82. The van der Waals surface area contributed by atoms with Crippen molar-refractivity contribution in [1.82, 2.24) is 20.1 Å². The summed E-state index contributed by atoms with van der Waals surface area (Å²) in [6, 6.07) is 7.91. The summed E-state index contributed by atoms with van der Waals surface area (Å²) in [5, 5.41) is 12.9. The highest BCUT2D eigenvalue weighted by Crippen LogP contribution is 2.39. The minimum atomic E-state index is 0.0143. The number of nitrogens with zero attached hydrogens (tertiary/aromatic N) is 3. The number of hydrogen-bond donors (Lipinski definition) is 1. The molecule has 0 radical (unpaired) electrons. The molecule has 1 N–H and O–H groups in total. The summed E-state index contributed by atoms with van der Waals surface area (Å²) in [6.07, 6.45) is 2.20. The first-order valence-electron chi connectivity index (χ1n) is 9.19. The van der Waals surface area contributed by atoms with Gasteiger partial charge in [-0.3, -0.25) is 9.36 Å². The maximum absolute atomic E-state index is 12.2. The van der Waals surface area contributed by atoms with Gasteiger partial charge in [-0.2, -0.15) is 0 Å². The fraction of sp³-hybridized carbons (Fsp3) is 0.526. The maximum atomic E-state index is 12.2. The van der Waals surface area contributed by atoms with Crippen molar-refractivity contribution in [2.24, 2.45) is 5.92 Å². The Balaban J connectivity index is 1.62. The van der Waals surface area contributed by atoms with Gasteiger partial charge in [0.2, 0.25) is 5.91 Å². The summed E-state index contributed by atoms with van der Waals surface area (Å²) in [4.78, 5) is 12.2. The van der Waals surface area contributed by atoms with E-state index in [9.17, 15) is 4.79 Å². The molecule has 1 amide bonds. The average Bonchev–Trinajstić information content (AvgIpc) is 3.39. The van der Waals surface area contributed by atoms with Crippen molar-refractivity contribution >= 4 is 29.3 Å². The first kappa shape index (κ1) is 20.0. The number of carbonyl (C=O) groups is 1. The Morgan fingerprint density at radius 1 is 1.33 bits per heavy atom. The van der Waals surface area contributed by atoms with Crippen molar-refractivity contribution in [2.75, 3.05) is 5.75 Å². The van der Waals surface area contributed by atoms with Crippen molar-refractivity contribution in [3.05, 3.63) is 35.1 Å². The van der Waals surface area contributed by atoms with E-state index in [2.05, 4.69) is 33.9 Å². The minimum absolute atomic E-state index is 0.0143. The number of thioether (sulfide) groups is 1. The van der Waals surface area contributed by atoms with Gasteiger partial charge in [0.05, 0.1) is 10.8 Å². The maximum Gasteiger partial charge on any atom is 0.230 e. The zero-order valence-electron chi connectivity index (χ0n) is 15.8. The highest BCUT2D eigenvalue weighted by molar-refractivity contribution is 7.99. The number of amides is 1. The van der Waals surface area contributed by atoms with Crippen LogP contribution in [0.4, 0.5) is 0 Å². The lowest BCUT2D eigenvalue weighted by molar-refractivity contribution is -0.119. The Bertz CT molecular complexity index is 792. The zero-order chi connectivity index (χ0) is 19.4. The fourth-order valence-electron chi connectivity index (χ4n) is 2.50. The number of halogens is 1. The molecule has 1 aliphatic rings. The second-order valence-corrected chi connectivity index (χ2v) is 8.46. The molecule has 1 heterocycles. The molecule has 3 rings (SSSR count). The van der Waals surface area contributed by atoms with Gasteiger partial charge in [0.1, 0.15) is 12.4 Å². The van der Waals surface area contributed by atoms with Crippen molar-refractivity contribution in [3.8, 4) is 5.75 Å². The number of carbonyl (C=O) groups excluding carboxylic acids is 1.